The molecule has 0 aliphatic carbocycles. The molecule has 1 unspecified atom stereocenters. The fraction of sp³-hybridized carbons (Fsp3) is 0.533. The molecule has 1 rings (SSSR count). The molecule has 2 N–H and O–H groups in total. The molecule has 1 aromatic rings. The molecule has 0 fully saturated rings. The molecular weight excluding hydrogens is 347 g/mol. The van der Waals surface area contributed by atoms with E-state index in [1.807, 2.05) is 31.4 Å². The first-order chi connectivity index (χ1) is 10.9. The highest BCUT2D eigenvalue weighted by atomic mass is 35.5. The molecule has 0 spiro atoms. The van der Waals surface area contributed by atoms with Crippen LogP contribution in [0.1, 0.15) is 24.2 Å². The van der Waals surface area contributed by atoms with Crippen LogP contribution in [0.4, 0.5) is 13.2 Å². The van der Waals surface area contributed by atoms with Gasteiger partial charge in [-0.15, -0.1) is 0 Å². The molecule has 0 amide bonds. The lowest BCUT2D eigenvalue weighted by molar-refractivity contribution is -0.132. The van der Waals surface area contributed by atoms with Gasteiger partial charge in [0.25, 0.3) is 0 Å². The van der Waals surface area contributed by atoms with Crippen molar-refractivity contribution in [3.8, 4) is 0 Å². The average molecular weight is 368 g/mol. The lowest BCUT2D eigenvalue weighted by Crippen LogP contribution is -2.39. The second kappa shape index (κ2) is 9.93. The molecule has 130 valence electrons. The molecule has 0 aliphatic heterocycles. The summed E-state index contributed by atoms with van der Waals surface area (Å²) < 4.78 is 36.6. The highest BCUT2D eigenvalue weighted by Gasteiger charge is 2.26. The summed E-state index contributed by atoms with van der Waals surface area (Å²) in [6, 6.07) is 7.51. The minimum Gasteiger partial charge on any atom is -0.357 e. The Balaban J connectivity index is 2.66. The van der Waals surface area contributed by atoms with Crippen LogP contribution in [0.3, 0.4) is 0 Å². The Bertz CT molecular complexity index is 509. The maximum atomic E-state index is 12.2. The first kappa shape index (κ1) is 20.0. The smallest absolute Gasteiger partial charge is 0.357 e. The highest BCUT2D eigenvalue weighted by Crippen LogP contribution is 2.28. The van der Waals surface area contributed by atoms with Crippen LogP contribution in [0.2, 0.25) is 5.02 Å². The molecule has 8 heteroatoms. The van der Waals surface area contributed by atoms with Crippen LogP contribution in [0, 0.1) is 0 Å². The Kier molecular flexibility index (Phi) is 8.62. The van der Waals surface area contributed by atoms with Crippen molar-refractivity contribution in [2.24, 2.45) is 4.99 Å². The standard InChI is InChI=1S/C15H21ClF3N3S/c1-3-20-14(21-8-7-15(17,18)19)22-10-13(23-2)11-5-4-6-12(16)9-11/h4-6,9,13H,3,7-8,10H2,1-2H3,(H2,20,21,22). The summed E-state index contributed by atoms with van der Waals surface area (Å²) in [5.41, 5.74) is 1.04. The van der Waals surface area contributed by atoms with Crippen LogP contribution in [-0.4, -0.2) is 38.0 Å². The summed E-state index contributed by atoms with van der Waals surface area (Å²) in [6.07, 6.45) is -3.10. The van der Waals surface area contributed by atoms with Crippen LogP contribution in [-0.2, 0) is 0 Å². The second-order valence-corrected chi connectivity index (χ2v) is 6.27. The van der Waals surface area contributed by atoms with Crippen molar-refractivity contribution in [3.63, 3.8) is 0 Å². The van der Waals surface area contributed by atoms with Gasteiger partial charge in [-0.3, -0.25) is 4.99 Å². The molecule has 1 atom stereocenters. The van der Waals surface area contributed by atoms with Crippen molar-refractivity contribution in [2.45, 2.75) is 24.8 Å². The lowest BCUT2D eigenvalue weighted by atomic mass is 10.1. The van der Waals surface area contributed by atoms with Gasteiger partial charge in [-0.25, -0.2) is 0 Å². The summed E-state index contributed by atoms with van der Waals surface area (Å²) in [6.45, 7) is 2.70. The molecule has 0 bridgehead atoms. The zero-order valence-electron chi connectivity index (χ0n) is 13.1. The topological polar surface area (TPSA) is 36.4 Å². The lowest BCUT2D eigenvalue weighted by Gasteiger charge is -2.16. The predicted octanol–water partition coefficient (Wildman–Crippen LogP) is 4.25. The minimum atomic E-state index is -4.17. The summed E-state index contributed by atoms with van der Waals surface area (Å²) in [5.74, 6) is 0.387. The third-order valence-electron chi connectivity index (χ3n) is 2.97. The van der Waals surface area contributed by atoms with E-state index in [-0.39, 0.29) is 11.8 Å². The normalized spacial score (nSPS) is 13.7. The van der Waals surface area contributed by atoms with E-state index in [4.69, 9.17) is 11.6 Å². The zero-order valence-corrected chi connectivity index (χ0v) is 14.7. The van der Waals surface area contributed by atoms with Gasteiger partial charge < -0.3 is 10.6 Å². The minimum absolute atomic E-state index is 0.0896. The van der Waals surface area contributed by atoms with Crippen molar-refractivity contribution in [3.05, 3.63) is 34.9 Å². The molecule has 23 heavy (non-hydrogen) atoms. The van der Waals surface area contributed by atoms with Gasteiger partial charge in [0.05, 0.1) is 13.0 Å². The summed E-state index contributed by atoms with van der Waals surface area (Å²) in [5, 5.41) is 6.39. The Morgan fingerprint density at radius 2 is 2.09 bits per heavy atom. The van der Waals surface area contributed by atoms with E-state index in [1.165, 1.54) is 0 Å². The Morgan fingerprint density at radius 1 is 1.35 bits per heavy atom. The van der Waals surface area contributed by atoms with E-state index >= 15 is 0 Å². The quantitative estimate of drug-likeness (QED) is 0.558. The maximum Gasteiger partial charge on any atom is 0.390 e. The number of aliphatic imine (C=N–C) groups is 1. The van der Waals surface area contributed by atoms with Gasteiger partial charge in [0.1, 0.15) is 0 Å². The fourth-order valence-electron chi connectivity index (χ4n) is 1.86. The molecule has 0 saturated heterocycles. The first-order valence-electron chi connectivity index (χ1n) is 7.23. The van der Waals surface area contributed by atoms with E-state index < -0.39 is 12.6 Å². The van der Waals surface area contributed by atoms with E-state index in [9.17, 15) is 13.2 Å². The van der Waals surface area contributed by atoms with Crippen LogP contribution >= 0.6 is 23.4 Å². The predicted molar refractivity (Wildman–Crippen MR) is 92.4 cm³/mol. The second-order valence-electron chi connectivity index (χ2n) is 4.79. The van der Waals surface area contributed by atoms with Crippen LogP contribution in [0.25, 0.3) is 0 Å². The van der Waals surface area contributed by atoms with Gasteiger partial charge in [-0.05, 0) is 30.9 Å². The van der Waals surface area contributed by atoms with Crippen molar-refractivity contribution in [2.75, 3.05) is 25.9 Å². The number of hydrogen-bond donors (Lipinski definition) is 2. The van der Waals surface area contributed by atoms with Gasteiger partial charge in [-0.1, -0.05) is 23.7 Å². The van der Waals surface area contributed by atoms with Crippen LogP contribution in [0.5, 0.6) is 0 Å². The summed E-state index contributed by atoms with van der Waals surface area (Å²) in [7, 11) is 0. The number of hydrogen-bond acceptors (Lipinski definition) is 2. The van der Waals surface area contributed by atoms with Crippen molar-refractivity contribution in [1.82, 2.24) is 10.6 Å². The molecule has 0 aliphatic rings. The number of halogens is 4. The van der Waals surface area contributed by atoms with E-state index in [1.54, 1.807) is 17.8 Å². The van der Waals surface area contributed by atoms with E-state index in [0.717, 1.165) is 5.56 Å². The molecule has 3 nitrogen and oxygen atoms in total. The number of alkyl halides is 3. The van der Waals surface area contributed by atoms with E-state index in [0.29, 0.717) is 24.1 Å². The third kappa shape index (κ3) is 8.37. The van der Waals surface area contributed by atoms with Crippen LogP contribution in [0.15, 0.2) is 29.3 Å². The Hall–Kier alpha value is -1.08. The molecule has 0 radical (unpaired) electrons. The largest absolute Gasteiger partial charge is 0.390 e. The SMILES string of the molecule is CCNC(=NCC(SC)c1cccc(Cl)c1)NCCC(F)(F)F. The fourth-order valence-corrected chi connectivity index (χ4v) is 2.70. The van der Waals surface area contributed by atoms with Gasteiger partial charge >= 0.3 is 6.18 Å². The van der Waals surface area contributed by atoms with Gasteiger partial charge in [0, 0.05) is 23.4 Å². The van der Waals surface area contributed by atoms with E-state index in [2.05, 4.69) is 15.6 Å². The summed E-state index contributed by atoms with van der Waals surface area (Å²) in [4.78, 5) is 4.37. The highest BCUT2D eigenvalue weighted by molar-refractivity contribution is 7.98. The van der Waals surface area contributed by atoms with Gasteiger partial charge in [0.15, 0.2) is 5.96 Å². The monoisotopic (exact) mass is 367 g/mol. The number of nitrogens with zero attached hydrogens (tertiary/aromatic N) is 1. The Labute approximate surface area is 144 Å². The molecule has 0 heterocycles. The average Bonchev–Trinajstić information content (AvgIpc) is 2.46. The number of nitrogens with one attached hydrogen (secondary N) is 2. The Morgan fingerprint density at radius 3 is 2.65 bits per heavy atom. The number of benzene rings is 1. The van der Waals surface area contributed by atoms with Gasteiger partial charge in [-0.2, -0.15) is 24.9 Å². The molecule has 1 aromatic carbocycles. The maximum absolute atomic E-state index is 12.2. The van der Waals surface area contributed by atoms with Crippen molar-refractivity contribution in [1.29, 1.82) is 0 Å². The molecular formula is C15H21ClF3N3S. The molecule has 0 aromatic heterocycles. The van der Waals surface area contributed by atoms with Crippen LogP contribution < -0.4 is 10.6 Å². The third-order valence-corrected chi connectivity index (χ3v) is 4.19. The summed E-state index contributed by atoms with van der Waals surface area (Å²) >= 11 is 7.61. The number of thioether (sulfide) groups is 1. The molecule has 0 saturated carbocycles. The van der Waals surface area contributed by atoms with Crippen molar-refractivity contribution < 1.29 is 13.2 Å². The number of guanidine groups is 1. The zero-order chi connectivity index (χ0) is 17.3. The van der Waals surface area contributed by atoms with Crippen molar-refractivity contribution >= 4 is 29.3 Å². The first-order valence-corrected chi connectivity index (χ1v) is 8.89. The van der Waals surface area contributed by atoms with Gasteiger partial charge in [0.2, 0.25) is 0 Å². The number of rotatable bonds is 7.